The van der Waals surface area contributed by atoms with Gasteiger partial charge in [0.05, 0.1) is 6.42 Å². The first-order valence-corrected chi connectivity index (χ1v) is 17.2. The number of H-pyrrole nitrogens is 1. The Morgan fingerprint density at radius 2 is 1.39 bits per heavy atom. The number of amides is 2. The molecule has 7 heteroatoms. The molecule has 254 valence electrons. The van der Waals surface area contributed by atoms with Gasteiger partial charge < -0.3 is 20.7 Å². The van der Waals surface area contributed by atoms with Gasteiger partial charge >= 0.3 is 5.97 Å². The summed E-state index contributed by atoms with van der Waals surface area (Å²) in [5.41, 5.74) is 7.76. The predicted molar refractivity (Wildman–Crippen MR) is 196 cm³/mol. The van der Waals surface area contributed by atoms with E-state index < -0.39 is 23.8 Å². The number of carboxylic acids is 1. The van der Waals surface area contributed by atoms with E-state index in [9.17, 15) is 19.5 Å². The Kier molecular flexibility index (Phi) is 11.7. The van der Waals surface area contributed by atoms with Crippen molar-refractivity contribution in [3.05, 3.63) is 132 Å². The topological polar surface area (TPSA) is 111 Å². The minimum atomic E-state index is -1.04. The monoisotopic (exact) mass is 657 g/mol. The van der Waals surface area contributed by atoms with Crippen LogP contribution in [0.25, 0.3) is 22.0 Å². The van der Waals surface area contributed by atoms with E-state index in [2.05, 4.69) is 84.9 Å². The summed E-state index contributed by atoms with van der Waals surface area (Å²) in [6.45, 7) is 7.03. The number of hydrogen-bond donors (Lipinski definition) is 4. The number of hydrogen-bond acceptors (Lipinski definition) is 3. The van der Waals surface area contributed by atoms with Gasteiger partial charge in [0.25, 0.3) is 0 Å². The zero-order chi connectivity index (χ0) is 34.8. The summed E-state index contributed by atoms with van der Waals surface area (Å²) in [4.78, 5) is 42.2. The molecule has 2 atom stereocenters. The molecular formula is C42H47N3O4. The average Bonchev–Trinajstić information content (AvgIpc) is 3.50. The quantitative estimate of drug-likeness (QED) is 0.0928. The molecule has 0 saturated carbocycles. The van der Waals surface area contributed by atoms with Crippen LogP contribution < -0.4 is 10.6 Å². The zero-order valence-electron chi connectivity index (χ0n) is 28.7. The number of rotatable bonds is 15. The third kappa shape index (κ3) is 9.92. The van der Waals surface area contributed by atoms with Crippen molar-refractivity contribution in [3.63, 3.8) is 0 Å². The molecule has 1 aromatic heterocycles. The number of carboxylic acid groups (broad SMARTS) is 1. The fourth-order valence-electron chi connectivity index (χ4n) is 6.23. The highest BCUT2D eigenvalue weighted by molar-refractivity contribution is 5.91. The first kappa shape index (κ1) is 35.1. The number of para-hydroxylation sites is 1. The summed E-state index contributed by atoms with van der Waals surface area (Å²) >= 11 is 0. The lowest BCUT2D eigenvalue weighted by molar-refractivity contribution is -0.141. The summed E-state index contributed by atoms with van der Waals surface area (Å²) in [7, 11) is 0. The molecule has 0 spiro atoms. The highest BCUT2D eigenvalue weighted by Crippen LogP contribution is 2.27. The average molecular weight is 658 g/mol. The van der Waals surface area contributed by atoms with Crippen LogP contribution in [0.15, 0.2) is 109 Å². The van der Waals surface area contributed by atoms with E-state index in [4.69, 9.17) is 0 Å². The van der Waals surface area contributed by atoms with E-state index in [1.54, 1.807) is 0 Å². The fourth-order valence-corrected chi connectivity index (χ4v) is 6.23. The molecule has 0 unspecified atom stereocenters. The molecule has 0 aliphatic carbocycles. The number of fused-ring (bicyclic) bond motifs is 1. The van der Waals surface area contributed by atoms with Crippen LogP contribution in [0.5, 0.6) is 0 Å². The molecule has 0 aliphatic rings. The fraction of sp³-hybridized carbons (Fsp3) is 0.310. The van der Waals surface area contributed by atoms with E-state index in [1.165, 1.54) is 5.56 Å². The predicted octanol–water partition coefficient (Wildman–Crippen LogP) is 7.63. The molecule has 5 rings (SSSR count). The summed E-state index contributed by atoms with van der Waals surface area (Å²) in [5.74, 6) is -2.51. The van der Waals surface area contributed by atoms with E-state index in [1.807, 2.05) is 60.8 Å². The number of aromatic nitrogens is 1. The third-order valence-electron chi connectivity index (χ3n) is 9.14. The van der Waals surface area contributed by atoms with Gasteiger partial charge in [-0.2, -0.15) is 0 Å². The van der Waals surface area contributed by atoms with Crippen molar-refractivity contribution in [1.29, 1.82) is 0 Å². The number of aromatic amines is 1. The SMILES string of the molecule is CC(C)(C)c1ccc(-c2ccc(CCC[C@H](CC(=O)O)C(=O)N[C@@H](Cc3c[nH]c4ccccc34)C(=O)NCCc3ccccc3)cc2)cc1. The van der Waals surface area contributed by atoms with Crippen molar-refractivity contribution >= 4 is 28.7 Å². The Balaban J connectivity index is 1.22. The standard InChI is InChI=1S/C42H47N3O4/c1-42(2,3)35-22-20-32(21-23-35)31-18-16-30(17-19-31)12-9-13-33(27-39(46)47)40(48)45-38(26-34-28-44-37-15-8-7-14-36(34)37)41(49)43-25-24-29-10-5-4-6-11-29/h4-8,10-11,14-23,28,33,38,44H,9,12-13,24-27H2,1-3H3,(H,43,49)(H,45,48)(H,46,47)/t33-,38+/m1/s1. The molecule has 0 radical (unpaired) electrons. The van der Waals surface area contributed by atoms with Gasteiger partial charge in [-0.1, -0.05) is 118 Å². The molecule has 0 bridgehead atoms. The van der Waals surface area contributed by atoms with Crippen LogP contribution in [0.1, 0.15) is 62.3 Å². The van der Waals surface area contributed by atoms with E-state index in [0.717, 1.165) is 38.7 Å². The number of aliphatic carboxylic acids is 1. The molecule has 4 aromatic carbocycles. The largest absolute Gasteiger partial charge is 0.481 e. The van der Waals surface area contributed by atoms with Gasteiger partial charge in [-0.15, -0.1) is 0 Å². The second-order valence-electron chi connectivity index (χ2n) is 13.9. The van der Waals surface area contributed by atoms with Crippen LogP contribution in [0.3, 0.4) is 0 Å². The second kappa shape index (κ2) is 16.3. The third-order valence-corrected chi connectivity index (χ3v) is 9.14. The maximum atomic E-state index is 13.6. The van der Waals surface area contributed by atoms with Gasteiger partial charge in [0, 0.05) is 36.0 Å². The van der Waals surface area contributed by atoms with E-state index in [-0.39, 0.29) is 24.2 Å². The van der Waals surface area contributed by atoms with Gasteiger partial charge in [0.15, 0.2) is 0 Å². The first-order valence-electron chi connectivity index (χ1n) is 17.2. The highest BCUT2D eigenvalue weighted by atomic mass is 16.4. The number of benzene rings is 4. The van der Waals surface area contributed by atoms with Gasteiger partial charge in [-0.25, -0.2) is 0 Å². The maximum Gasteiger partial charge on any atom is 0.304 e. The number of nitrogens with one attached hydrogen (secondary N) is 3. The van der Waals surface area contributed by atoms with Crippen LogP contribution in [-0.4, -0.2) is 40.5 Å². The lowest BCUT2D eigenvalue weighted by atomic mass is 9.86. The summed E-state index contributed by atoms with van der Waals surface area (Å²) in [5, 5.41) is 16.6. The van der Waals surface area contributed by atoms with Crippen molar-refractivity contribution in [2.75, 3.05) is 6.54 Å². The maximum absolute atomic E-state index is 13.6. The number of carbonyl (C=O) groups excluding carboxylic acids is 2. The van der Waals surface area contributed by atoms with Crippen molar-refractivity contribution < 1.29 is 19.5 Å². The lowest BCUT2D eigenvalue weighted by Gasteiger charge is -2.22. The minimum Gasteiger partial charge on any atom is -0.481 e. The van der Waals surface area contributed by atoms with Crippen molar-refractivity contribution in [1.82, 2.24) is 15.6 Å². The molecule has 1 heterocycles. The molecule has 7 nitrogen and oxygen atoms in total. The van der Waals surface area contributed by atoms with Crippen LogP contribution in [-0.2, 0) is 39.1 Å². The summed E-state index contributed by atoms with van der Waals surface area (Å²) in [6.07, 6.45) is 4.24. The molecule has 0 fully saturated rings. The van der Waals surface area contributed by atoms with Crippen molar-refractivity contribution in [2.24, 2.45) is 5.92 Å². The summed E-state index contributed by atoms with van der Waals surface area (Å²) < 4.78 is 0. The van der Waals surface area contributed by atoms with Gasteiger partial charge in [-0.3, -0.25) is 14.4 Å². The number of aryl methyl sites for hydroxylation is 1. The summed E-state index contributed by atoms with van der Waals surface area (Å²) in [6, 6.07) is 33.9. The normalized spacial score (nSPS) is 12.7. The Bertz CT molecular complexity index is 1840. The zero-order valence-corrected chi connectivity index (χ0v) is 28.7. The molecule has 0 saturated heterocycles. The van der Waals surface area contributed by atoms with Gasteiger partial charge in [0.1, 0.15) is 6.04 Å². The van der Waals surface area contributed by atoms with Crippen LogP contribution >= 0.6 is 0 Å². The van der Waals surface area contributed by atoms with Crippen LogP contribution in [0.2, 0.25) is 0 Å². The Hall–Kier alpha value is -5.17. The molecule has 0 aliphatic heterocycles. The highest BCUT2D eigenvalue weighted by Gasteiger charge is 2.28. The Morgan fingerprint density at radius 1 is 0.755 bits per heavy atom. The second-order valence-corrected chi connectivity index (χ2v) is 13.9. The number of carbonyl (C=O) groups is 3. The Labute approximate surface area is 289 Å². The minimum absolute atomic E-state index is 0.102. The lowest BCUT2D eigenvalue weighted by Crippen LogP contribution is -2.50. The Morgan fingerprint density at radius 3 is 2.06 bits per heavy atom. The van der Waals surface area contributed by atoms with Gasteiger partial charge in [-0.05, 0) is 70.5 Å². The first-order chi connectivity index (χ1) is 23.6. The van der Waals surface area contributed by atoms with Gasteiger partial charge in [0.2, 0.25) is 11.8 Å². The molecular weight excluding hydrogens is 610 g/mol. The van der Waals surface area contributed by atoms with Crippen molar-refractivity contribution in [2.45, 2.75) is 70.8 Å². The molecule has 49 heavy (non-hydrogen) atoms. The molecule has 4 N–H and O–H groups in total. The van der Waals surface area contributed by atoms with Crippen molar-refractivity contribution in [3.8, 4) is 11.1 Å². The molecule has 2 amide bonds. The van der Waals surface area contributed by atoms with Crippen LogP contribution in [0.4, 0.5) is 0 Å². The van der Waals surface area contributed by atoms with E-state index in [0.29, 0.717) is 32.2 Å². The molecule has 5 aromatic rings. The van der Waals surface area contributed by atoms with E-state index >= 15 is 0 Å². The smallest absolute Gasteiger partial charge is 0.304 e. The van der Waals surface area contributed by atoms with Crippen LogP contribution in [0, 0.1) is 5.92 Å².